The van der Waals surface area contributed by atoms with E-state index >= 15 is 0 Å². The number of benzene rings is 3. The molecular weight excluding hydrogens is 634 g/mol. The van der Waals surface area contributed by atoms with Crippen LogP contribution < -0.4 is 24.8 Å². The Kier molecular flexibility index (Phi) is 11.2. The van der Waals surface area contributed by atoms with Gasteiger partial charge in [-0.3, -0.25) is 0 Å². The summed E-state index contributed by atoms with van der Waals surface area (Å²) in [6.07, 6.45) is 0. The van der Waals surface area contributed by atoms with Crippen LogP contribution in [-0.2, 0) is 36.7 Å². The molecule has 0 bridgehead atoms. The van der Waals surface area contributed by atoms with Gasteiger partial charge in [0.25, 0.3) is 0 Å². The molecule has 35 heavy (non-hydrogen) atoms. The van der Waals surface area contributed by atoms with Crippen LogP contribution in [0.15, 0.2) is 97.1 Å². The summed E-state index contributed by atoms with van der Waals surface area (Å²) in [5.74, 6) is 0. The van der Waals surface area contributed by atoms with Crippen molar-refractivity contribution in [3.63, 3.8) is 0 Å². The third kappa shape index (κ3) is 7.42. The van der Waals surface area contributed by atoms with Gasteiger partial charge >= 0.3 is 25.8 Å². The van der Waals surface area contributed by atoms with Crippen molar-refractivity contribution in [3.05, 3.63) is 108 Å². The zero-order valence-electron chi connectivity index (χ0n) is 21.5. The fourth-order valence-corrected chi connectivity index (χ4v) is 4.15. The van der Waals surface area contributed by atoms with Gasteiger partial charge in [0.2, 0.25) is 0 Å². The van der Waals surface area contributed by atoms with E-state index in [2.05, 4.69) is 133 Å². The summed E-state index contributed by atoms with van der Waals surface area (Å²) in [5.41, 5.74) is 5.80. The van der Waals surface area contributed by atoms with Crippen LogP contribution in [0.2, 0.25) is 0 Å². The summed E-state index contributed by atoms with van der Waals surface area (Å²) in [4.78, 5) is 0. The van der Waals surface area contributed by atoms with Crippen LogP contribution in [-0.4, -0.2) is 0 Å². The molecule has 0 aromatic heterocycles. The summed E-state index contributed by atoms with van der Waals surface area (Å²) in [5, 5.41) is 5.48. The summed E-state index contributed by atoms with van der Waals surface area (Å²) in [7, 11) is 0. The Labute approximate surface area is 242 Å². The molecule has 0 heterocycles. The van der Waals surface area contributed by atoms with Gasteiger partial charge in [0.15, 0.2) is 0 Å². The molecule has 0 spiro atoms. The first-order chi connectivity index (χ1) is 15.1. The largest absolute Gasteiger partial charge is 4.00 e. The van der Waals surface area contributed by atoms with Crippen LogP contribution in [0.4, 0.5) is 0 Å². The molecule has 0 nitrogen and oxygen atoms in total. The van der Waals surface area contributed by atoms with Gasteiger partial charge < -0.3 is 24.8 Å². The maximum Gasteiger partial charge on any atom is 4.00 e. The van der Waals surface area contributed by atoms with E-state index in [1.807, 2.05) is 6.07 Å². The maximum atomic E-state index is 2.35. The smallest absolute Gasteiger partial charge is 1.00 e. The molecule has 5 aromatic rings. The minimum Gasteiger partial charge on any atom is -1.00 e. The Balaban J connectivity index is 0.000000375. The van der Waals surface area contributed by atoms with Crippen molar-refractivity contribution in [2.45, 2.75) is 52.4 Å². The molecule has 0 radical (unpaired) electrons. The molecule has 0 aliphatic carbocycles. The quantitative estimate of drug-likeness (QED) is 0.190. The van der Waals surface area contributed by atoms with Crippen molar-refractivity contribution in [3.8, 4) is 11.1 Å². The molecule has 5 aromatic carbocycles. The van der Waals surface area contributed by atoms with E-state index in [0.717, 1.165) is 0 Å². The minimum atomic E-state index is 0. The molecule has 0 saturated carbocycles. The number of halogens is 2. The summed E-state index contributed by atoms with van der Waals surface area (Å²) in [6.45, 7) is 13.6. The van der Waals surface area contributed by atoms with E-state index in [1.54, 1.807) is 0 Å². The Morgan fingerprint density at radius 2 is 1.06 bits per heavy atom. The van der Waals surface area contributed by atoms with Crippen molar-refractivity contribution in [1.82, 2.24) is 0 Å². The summed E-state index contributed by atoms with van der Waals surface area (Å²) in [6, 6.07) is 34.9. The van der Waals surface area contributed by atoms with Gasteiger partial charge in [-0.05, 0) is 10.8 Å². The number of hydrogen-bond acceptors (Lipinski definition) is 0. The molecule has 0 aliphatic rings. The molecular formula is C32H34Cl2Hf. The van der Waals surface area contributed by atoms with Crippen LogP contribution in [0.5, 0.6) is 0 Å². The van der Waals surface area contributed by atoms with E-state index in [-0.39, 0.29) is 61.5 Å². The molecule has 0 aliphatic heterocycles. The van der Waals surface area contributed by atoms with Crippen LogP contribution >= 0.6 is 0 Å². The summed E-state index contributed by atoms with van der Waals surface area (Å²) < 4.78 is 0. The molecule has 3 heteroatoms. The third-order valence-corrected chi connectivity index (χ3v) is 6.21. The molecule has 0 unspecified atom stereocenters. The van der Waals surface area contributed by atoms with Gasteiger partial charge in [-0.1, -0.05) is 107 Å². The molecule has 0 atom stereocenters. The number of rotatable bonds is 1. The summed E-state index contributed by atoms with van der Waals surface area (Å²) >= 11 is 0. The van der Waals surface area contributed by atoms with Crippen LogP contribution in [0.1, 0.15) is 52.7 Å². The molecule has 0 N–H and O–H groups in total. The fraction of sp³-hybridized carbons (Fsp3) is 0.250. The first kappa shape index (κ1) is 31.4. The fourth-order valence-electron chi connectivity index (χ4n) is 4.15. The zero-order chi connectivity index (χ0) is 22.9. The normalized spacial score (nSPS) is 11.0. The van der Waals surface area contributed by atoms with Gasteiger partial charge in [0.1, 0.15) is 0 Å². The number of hydrogen-bond donors (Lipinski definition) is 0. The van der Waals surface area contributed by atoms with Gasteiger partial charge in [0, 0.05) is 0 Å². The van der Waals surface area contributed by atoms with E-state index in [4.69, 9.17) is 0 Å². The van der Waals surface area contributed by atoms with Gasteiger partial charge in [-0.15, -0.1) is 51.4 Å². The molecule has 0 amide bonds. The Hall–Kier alpha value is -1.67. The van der Waals surface area contributed by atoms with Crippen LogP contribution in [0, 0.1) is 0 Å². The first-order valence-electron chi connectivity index (χ1n) is 11.5. The second kappa shape index (κ2) is 12.5. The Morgan fingerprint density at radius 3 is 1.46 bits per heavy atom. The van der Waals surface area contributed by atoms with Crippen molar-refractivity contribution in [2.75, 3.05) is 0 Å². The van der Waals surface area contributed by atoms with E-state index in [1.165, 1.54) is 43.8 Å². The molecule has 0 fully saturated rings. The monoisotopic (exact) mass is 668 g/mol. The maximum absolute atomic E-state index is 2.35. The van der Waals surface area contributed by atoms with Gasteiger partial charge in [-0.2, -0.15) is 23.8 Å². The molecule has 180 valence electrons. The zero-order valence-corrected chi connectivity index (χ0v) is 26.6. The number of fused-ring (bicyclic) bond motifs is 3. The van der Waals surface area contributed by atoms with Gasteiger partial charge in [-0.25, -0.2) is 0 Å². The Morgan fingerprint density at radius 1 is 0.571 bits per heavy atom. The first-order valence-corrected chi connectivity index (χ1v) is 11.5. The second-order valence-electron chi connectivity index (χ2n) is 10.8. The minimum absolute atomic E-state index is 0. The predicted molar refractivity (Wildman–Crippen MR) is 142 cm³/mol. The molecule has 0 saturated heterocycles. The molecule has 5 rings (SSSR count). The van der Waals surface area contributed by atoms with Crippen molar-refractivity contribution in [1.29, 1.82) is 0 Å². The van der Waals surface area contributed by atoms with E-state index < -0.39 is 0 Å². The van der Waals surface area contributed by atoms with Crippen molar-refractivity contribution in [2.24, 2.45) is 0 Å². The average molecular weight is 668 g/mol. The third-order valence-electron chi connectivity index (χ3n) is 6.21. The second-order valence-corrected chi connectivity index (χ2v) is 10.8. The van der Waals surface area contributed by atoms with Crippen LogP contribution in [0.3, 0.4) is 0 Å². The van der Waals surface area contributed by atoms with E-state index in [0.29, 0.717) is 0 Å². The Bertz CT molecular complexity index is 1250. The predicted octanol–water partition coefficient (Wildman–Crippen LogP) is 3.38. The van der Waals surface area contributed by atoms with Crippen molar-refractivity contribution >= 4 is 21.5 Å². The standard InChI is InChI=1S/C21H25.C11H9.2ClH.Hf/c1-20(2,3)16-7-9-18-14(12-16)11-15-13-17(21(4,5)6)8-10-19(15)18;1-2-6-10(7-3-1)11-8-4-5-9-11;;;/h7-13H,1-6H3;1-9H;2*1H;/q2*-1;;;+4/p-2. The van der Waals surface area contributed by atoms with E-state index in [9.17, 15) is 0 Å². The van der Waals surface area contributed by atoms with Gasteiger partial charge in [0.05, 0.1) is 0 Å². The SMILES string of the molecule is CC(C)(C)c1ccc2c(c1)[cH-]c1cc(C(C)(C)C)ccc12.[Cl-].[Cl-].[Hf+4].c1ccc(-c2ccc[cH-]2)cc1. The van der Waals surface area contributed by atoms with Crippen LogP contribution in [0.25, 0.3) is 32.7 Å². The topological polar surface area (TPSA) is 0 Å². The van der Waals surface area contributed by atoms with Crippen molar-refractivity contribution < 1.29 is 50.7 Å². The average Bonchev–Trinajstić information content (AvgIpc) is 3.40.